The maximum atomic E-state index is 11.7. The van der Waals surface area contributed by atoms with Crippen molar-refractivity contribution in [3.8, 4) is 0 Å². The molecule has 0 bridgehead atoms. The quantitative estimate of drug-likeness (QED) is 0.757. The molecule has 0 spiro atoms. The highest BCUT2D eigenvalue weighted by Gasteiger charge is 2.16. The second-order valence-electron chi connectivity index (χ2n) is 4.46. The number of nitrogens with one attached hydrogen (secondary N) is 1. The molecule has 1 heterocycles. The van der Waals surface area contributed by atoms with Crippen LogP contribution >= 0.6 is 0 Å². The third-order valence-electron chi connectivity index (χ3n) is 2.01. The molecule has 0 aliphatic heterocycles. The van der Waals surface area contributed by atoms with E-state index < -0.39 is 0 Å². The van der Waals surface area contributed by atoms with Crippen LogP contribution in [0.15, 0.2) is 18.3 Å². The maximum absolute atomic E-state index is 11.7. The lowest BCUT2D eigenvalue weighted by atomic mass is 10.1. The molecule has 3 N–H and O–H groups in total. The van der Waals surface area contributed by atoms with Gasteiger partial charge in [0, 0.05) is 18.3 Å². The normalized spacial score (nSPS) is 11.1. The first-order chi connectivity index (χ1) is 7.94. The van der Waals surface area contributed by atoms with E-state index in [9.17, 15) is 4.79 Å². The van der Waals surface area contributed by atoms with E-state index in [0.29, 0.717) is 24.5 Å². The average molecular weight is 237 g/mol. The summed E-state index contributed by atoms with van der Waals surface area (Å²) in [7, 11) is 0. The number of carbonyl (C=O) groups excluding carboxylic acids is 1. The van der Waals surface area contributed by atoms with Crippen molar-refractivity contribution in [2.24, 2.45) is 5.73 Å². The monoisotopic (exact) mass is 237 g/mol. The van der Waals surface area contributed by atoms with E-state index in [2.05, 4.69) is 10.3 Å². The van der Waals surface area contributed by atoms with Crippen LogP contribution in [0.5, 0.6) is 0 Å². The number of aromatic nitrogens is 1. The lowest BCUT2D eigenvalue weighted by Crippen LogP contribution is -2.40. The first-order valence-corrected chi connectivity index (χ1v) is 5.59. The molecular weight excluding hydrogens is 218 g/mol. The summed E-state index contributed by atoms with van der Waals surface area (Å²) in [5, 5.41) is 3.06. The van der Waals surface area contributed by atoms with Gasteiger partial charge in [-0.1, -0.05) is 0 Å². The molecule has 0 atom stereocenters. The summed E-state index contributed by atoms with van der Waals surface area (Å²) < 4.78 is 4.95. The second-order valence-corrected chi connectivity index (χ2v) is 4.46. The van der Waals surface area contributed by atoms with Gasteiger partial charge in [-0.3, -0.25) is 0 Å². The SMILES string of the molecule is CCOC(=O)c1cccnc1NCC(C)(C)N. The van der Waals surface area contributed by atoms with E-state index in [0.717, 1.165) is 0 Å². The molecular formula is C12H19N3O2. The summed E-state index contributed by atoms with van der Waals surface area (Å²) in [6.07, 6.45) is 1.62. The van der Waals surface area contributed by atoms with Gasteiger partial charge in [0.2, 0.25) is 0 Å². The predicted molar refractivity (Wildman–Crippen MR) is 66.9 cm³/mol. The molecule has 5 nitrogen and oxygen atoms in total. The molecule has 0 saturated heterocycles. The molecule has 1 aromatic heterocycles. The molecule has 0 aliphatic carbocycles. The summed E-state index contributed by atoms with van der Waals surface area (Å²) in [5.74, 6) is 0.127. The molecule has 0 unspecified atom stereocenters. The van der Waals surface area contributed by atoms with E-state index in [1.54, 1.807) is 25.3 Å². The van der Waals surface area contributed by atoms with Crippen molar-refractivity contribution in [1.29, 1.82) is 0 Å². The van der Waals surface area contributed by atoms with E-state index in [4.69, 9.17) is 10.5 Å². The van der Waals surface area contributed by atoms with Crippen molar-refractivity contribution in [2.45, 2.75) is 26.3 Å². The van der Waals surface area contributed by atoms with Crippen LogP contribution in [0.2, 0.25) is 0 Å². The van der Waals surface area contributed by atoms with Crippen molar-refractivity contribution in [3.05, 3.63) is 23.9 Å². The van der Waals surface area contributed by atoms with E-state index in [1.807, 2.05) is 13.8 Å². The summed E-state index contributed by atoms with van der Waals surface area (Å²) in [6.45, 7) is 6.43. The Kier molecular flexibility index (Phi) is 4.45. The average Bonchev–Trinajstić information content (AvgIpc) is 2.26. The molecule has 1 rings (SSSR count). The Morgan fingerprint density at radius 1 is 1.59 bits per heavy atom. The van der Waals surface area contributed by atoms with Gasteiger partial charge in [-0.05, 0) is 32.9 Å². The van der Waals surface area contributed by atoms with Gasteiger partial charge in [-0.15, -0.1) is 0 Å². The number of rotatable bonds is 5. The highest BCUT2D eigenvalue weighted by Crippen LogP contribution is 2.13. The summed E-state index contributed by atoms with van der Waals surface area (Å²) in [5.41, 5.74) is 5.92. The minimum atomic E-state index is -0.377. The number of carbonyl (C=O) groups is 1. The minimum Gasteiger partial charge on any atom is -0.462 e. The molecule has 1 aromatic rings. The van der Waals surface area contributed by atoms with Gasteiger partial charge in [-0.2, -0.15) is 0 Å². The molecule has 17 heavy (non-hydrogen) atoms. The fourth-order valence-corrected chi connectivity index (χ4v) is 1.23. The fourth-order valence-electron chi connectivity index (χ4n) is 1.23. The standard InChI is InChI=1S/C12H19N3O2/c1-4-17-11(16)9-6-5-7-14-10(9)15-8-12(2,3)13/h5-7H,4,8,13H2,1-3H3,(H,14,15). The van der Waals surface area contributed by atoms with Crippen LogP contribution in [0.1, 0.15) is 31.1 Å². The number of esters is 1. The van der Waals surface area contributed by atoms with Crippen LogP contribution < -0.4 is 11.1 Å². The number of ether oxygens (including phenoxy) is 1. The van der Waals surface area contributed by atoms with Crippen molar-refractivity contribution < 1.29 is 9.53 Å². The number of hydrogen-bond acceptors (Lipinski definition) is 5. The largest absolute Gasteiger partial charge is 0.462 e. The lowest BCUT2D eigenvalue weighted by Gasteiger charge is -2.20. The van der Waals surface area contributed by atoms with Crippen LogP contribution in [0.25, 0.3) is 0 Å². The third kappa shape index (κ3) is 4.40. The Morgan fingerprint density at radius 2 is 2.29 bits per heavy atom. The Labute approximate surface area is 101 Å². The van der Waals surface area contributed by atoms with Crippen LogP contribution in [0.4, 0.5) is 5.82 Å². The van der Waals surface area contributed by atoms with Crippen LogP contribution in [-0.4, -0.2) is 29.6 Å². The lowest BCUT2D eigenvalue weighted by molar-refractivity contribution is 0.0527. The van der Waals surface area contributed by atoms with Gasteiger partial charge in [0.1, 0.15) is 11.4 Å². The van der Waals surface area contributed by atoms with Gasteiger partial charge < -0.3 is 15.8 Å². The maximum Gasteiger partial charge on any atom is 0.341 e. The molecule has 0 saturated carbocycles. The first-order valence-electron chi connectivity index (χ1n) is 5.59. The Morgan fingerprint density at radius 3 is 2.88 bits per heavy atom. The van der Waals surface area contributed by atoms with E-state index >= 15 is 0 Å². The molecule has 0 fully saturated rings. The Bertz CT molecular complexity index is 386. The van der Waals surface area contributed by atoms with Gasteiger partial charge in [0.15, 0.2) is 0 Å². The Hall–Kier alpha value is -1.62. The zero-order valence-corrected chi connectivity index (χ0v) is 10.5. The van der Waals surface area contributed by atoms with Crippen LogP contribution in [0.3, 0.4) is 0 Å². The molecule has 94 valence electrons. The summed E-state index contributed by atoms with van der Waals surface area (Å²) >= 11 is 0. The molecule has 0 amide bonds. The van der Waals surface area contributed by atoms with Crippen molar-refractivity contribution >= 4 is 11.8 Å². The van der Waals surface area contributed by atoms with Gasteiger partial charge in [0.25, 0.3) is 0 Å². The number of hydrogen-bond donors (Lipinski definition) is 2. The molecule has 0 aliphatic rings. The van der Waals surface area contributed by atoms with Crippen LogP contribution in [0, 0.1) is 0 Å². The summed E-state index contributed by atoms with van der Waals surface area (Å²) in [6, 6.07) is 3.38. The zero-order valence-electron chi connectivity index (χ0n) is 10.5. The third-order valence-corrected chi connectivity index (χ3v) is 2.01. The van der Waals surface area contributed by atoms with Gasteiger partial charge in [-0.25, -0.2) is 9.78 Å². The van der Waals surface area contributed by atoms with E-state index in [-0.39, 0.29) is 11.5 Å². The summed E-state index contributed by atoms with van der Waals surface area (Å²) in [4.78, 5) is 15.8. The highest BCUT2D eigenvalue weighted by atomic mass is 16.5. The second kappa shape index (κ2) is 5.63. The first kappa shape index (κ1) is 13.4. The molecule has 5 heteroatoms. The topological polar surface area (TPSA) is 77.2 Å². The molecule has 0 radical (unpaired) electrons. The number of anilines is 1. The van der Waals surface area contributed by atoms with Crippen molar-refractivity contribution in [3.63, 3.8) is 0 Å². The number of nitrogens with two attached hydrogens (primary N) is 1. The fraction of sp³-hybridized carbons (Fsp3) is 0.500. The van der Waals surface area contributed by atoms with E-state index in [1.165, 1.54) is 0 Å². The van der Waals surface area contributed by atoms with Crippen molar-refractivity contribution in [1.82, 2.24) is 4.98 Å². The predicted octanol–water partition coefficient (Wildman–Crippen LogP) is 1.41. The zero-order chi connectivity index (χ0) is 12.9. The number of nitrogens with zero attached hydrogens (tertiary/aromatic N) is 1. The highest BCUT2D eigenvalue weighted by molar-refractivity contribution is 5.94. The smallest absolute Gasteiger partial charge is 0.341 e. The van der Waals surface area contributed by atoms with Gasteiger partial charge in [0.05, 0.1) is 6.61 Å². The van der Waals surface area contributed by atoms with Gasteiger partial charge >= 0.3 is 5.97 Å². The number of pyridine rings is 1. The minimum absolute atomic E-state index is 0.343. The van der Waals surface area contributed by atoms with Crippen molar-refractivity contribution in [2.75, 3.05) is 18.5 Å². The molecule has 0 aromatic carbocycles. The Balaban J connectivity index is 2.81. The van der Waals surface area contributed by atoms with Crippen LogP contribution in [-0.2, 0) is 4.74 Å².